The third kappa shape index (κ3) is 17.1. The maximum atomic E-state index is 2.33. The highest BCUT2D eigenvalue weighted by Crippen LogP contribution is 2.25. The monoisotopic (exact) mass is 420 g/mol. The molecule has 0 saturated carbocycles. The molecule has 0 radical (unpaired) electrons. The lowest BCUT2D eigenvalue weighted by Crippen LogP contribution is -2.03. The van der Waals surface area contributed by atoms with Crippen molar-refractivity contribution in [2.24, 2.45) is 5.92 Å². The normalized spacial score (nSPS) is 12.5. The van der Waals surface area contributed by atoms with Crippen LogP contribution < -0.4 is 0 Å². The van der Waals surface area contributed by atoms with Gasteiger partial charge < -0.3 is 0 Å². The van der Waals surface area contributed by atoms with Crippen LogP contribution >= 0.6 is 11.3 Å². The molecule has 170 valence electrons. The zero-order valence-corrected chi connectivity index (χ0v) is 20.9. The number of unbranched alkanes of at least 4 members (excludes halogenated alkanes) is 15. The molecule has 1 atom stereocenters. The van der Waals surface area contributed by atoms with Crippen LogP contribution in [0.1, 0.15) is 147 Å². The summed E-state index contributed by atoms with van der Waals surface area (Å²) in [6.45, 7) is 4.62. The van der Waals surface area contributed by atoms with Crippen LogP contribution in [0.2, 0.25) is 0 Å². The van der Waals surface area contributed by atoms with E-state index in [-0.39, 0.29) is 0 Å². The standard InChI is InChI=1S/C28H52S/c1-3-5-7-9-11-13-15-17-19-22-27(24-25-28-23-20-26-29-28)21-18-16-14-12-10-8-6-4-2/h20,23,26-27H,3-19,21-22,24-25H2,1-2H3. The fourth-order valence-electron chi connectivity index (χ4n) is 4.54. The van der Waals surface area contributed by atoms with Crippen LogP contribution in [0.15, 0.2) is 17.5 Å². The molecule has 1 aromatic rings. The Labute approximate surface area is 188 Å². The van der Waals surface area contributed by atoms with E-state index in [1.165, 1.54) is 135 Å². The van der Waals surface area contributed by atoms with Crippen LogP contribution in [-0.4, -0.2) is 0 Å². The molecule has 0 saturated heterocycles. The topological polar surface area (TPSA) is 0 Å². The molecule has 0 aliphatic heterocycles. The van der Waals surface area contributed by atoms with Gasteiger partial charge >= 0.3 is 0 Å². The van der Waals surface area contributed by atoms with E-state index in [0.717, 1.165) is 5.92 Å². The highest BCUT2D eigenvalue weighted by Gasteiger charge is 2.09. The Kier molecular flexibility index (Phi) is 19.3. The number of aryl methyl sites for hydroxylation is 1. The minimum Gasteiger partial charge on any atom is -0.149 e. The third-order valence-electron chi connectivity index (χ3n) is 6.56. The summed E-state index contributed by atoms with van der Waals surface area (Å²) in [6, 6.07) is 4.55. The molecule has 0 aliphatic carbocycles. The Hall–Kier alpha value is -0.300. The van der Waals surface area contributed by atoms with Gasteiger partial charge in [0.2, 0.25) is 0 Å². The number of rotatable bonds is 22. The van der Waals surface area contributed by atoms with Crippen molar-refractivity contribution in [1.82, 2.24) is 0 Å². The summed E-state index contributed by atoms with van der Waals surface area (Å²) in [5, 5.41) is 2.24. The molecule has 1 rings (SSSR count). The minimum atomic E-state index is 0.974. The summed E-state index contributed by atoms with van der Waals surface area (Å²) in [5.41, 5.74) is 0. The van der Waals surface area contributed by atoms with E-state index < -0.39 is 0 Å². The Morgan fingerprint density at radius 3 is 1.45 bits per heavy atom. The van der Waals surface area contributed by atoms with E-state index in [2.05, 4.69) is 31.4 Å². The lowest BCUT2D eigenvalue weighted by molar-refractivity contribution is 0.381. The fourth-order valence-corrected chi connectivity index (χ4v) is 5.27. The van der Waals surface area contributed by atoms with Gasteiger partial charge in [-0.05, 0) is 30.2 Å². The van der Waals surface area contributed by atoms with Crippen LogP contribution in [-0.2, 0) is 6.42 Å². The molecule has 0 bridgehead atoms. The minimum absolute atomic E-state index is 0.974. The molecule has 0 N–H and O–H groups in total. The van der Waals surface area contributed by atoms with Crippen LogP contribution in [0.25, 0.3) is 0 Å². The maximum Gasteiger partial charge on any atom is 0.00453 e. The Morgan fingerprint density at radius 1 is 0.586 bits per heavy atom. The van der Waals surface area contributed by atoms with Gasteiger partial charge in [0.15, 0.2) is 0 Å². The Bertz CT molecular complexity index is 408. The molecule has 0 aromatic carbocycles. The SMILES string of the molecule is CCCCCCCCCCCC(CCCCCCCCCC)CCc1cccs1. The van der Waals surface area contributed by atoms with E-state index in [0.29, 0.717) is 0 Å². The predicted octanol–water partition coefficient (Wildman–Crippen LogP) is 10.7. The van der Waals surface area contributed by atoms with Crippen molar-refractivity contribution in [3.05, 3.63) is 22.4 Å². The van der Waals surface area contributed by atoms with Gasteiger partial charge in [0.05, 0.1) is 0 Å². The molecule has 0 nitrogen and oxygen atoms in total. The molecule has 0 amide bonds. The summed E-state index contributed by atoms with van der Waals surface area (Å²) in [6.07, 6.45) is 30.4. The second-order valence-corrected chi connectivity index (χ2v) is 10.4. The number of thiophene rings is 1. The average molecular weight is 421 g/mol. The third-order valence-corrected chi connectivity index (χ3v) is 7.50. The molecular formula is C28H52S. The molecule has 1 unspecified atom stereocenters. The summed E-state index contributed by atoms with van der Waals surface area (Å²) < 4.78 is 0. The lowest BCUT2D eigenvalue weighted by atomic mass is 9.90. The molecule has 1 heterocycles. The predicted molar refractivity (Wildman–Crippen MR) is 135 cm³/mol. The van der Waals surface area contributed by atoms with E-state index >= 15 is 0 Å². The first-order valence-electron chi connectivity index (χ1n) is 13.4. The van der Waals surface area contributed by atoms with E-state index in [1.54, 1.807) is 4.88 Å². The number of hydrogen-bond acceptors (Lipinski definition) is 1. The van der Waals surface area contributed by atoms with Gasteiger partial charge in [-0.2, -0.15) is 0 Å². The van der Waals surface area contributed by atoms with Crippen LogP contribution in [0, 0.1) is 5.92 Å². The van der Waals surface area contributed by atoms with Crippen molar-refractivity contribution < 1.29 is 0 Å². The summed E-state index contributed by atoms with van der Waals surface area (Å²) in [7, 11) is 0. The van der Waals surface area contributed by atoms with Gasteiger partial charge in [-0.15, -0.1) is 11.3 Å². The van der Waals surface area contributed by atoms with Crippen molar-refractivity contribution >= 4 is 11.3 Å². The largest absolute Gasteiger partial charge is 0.149 e. The Balaban J connectivity index is 2.10. The van der Waals surface area contributed by atoms with Crippen LogP contribution in [0.5, 0.6) is 0 Å². The molecular weight excluding hydrogens is 368 g/mol. The van der Waals surface area contributed by atoms with Crippen molar-refractivity contribution in [3.63, 3.8) is 0 Å². The van der Waals surface area contributed by atoms with Crippen molar-refractivity contribution in [3.8, 4) is 0 Å². The fraction of sp³-hybridized carbons (Fsp3) is 0.857. The smallest absolute Gasteiger partial charge is 0.00453 e. The number of hydrogen-bond donors (Lipinski definition) is 0. The van der Waals surface area contributed by atoms with Gasteiger partial charge in [-0.1, -0.05) is 142 Å². The molecule has 1 heteroatoms. The average Bonchev–Trinajstić information content (AvgIpc) is 3.25. The van der Waals surface area contributed by atoms with E-state index in [4.69, 9.17) is 0 Å². The van der Waals surface area contributed by atoms with Crippen molar-refractivity contribution in [2.75, 3.05) is 0 Å². The Morgan fingerprint density at radius 2 is 1.03 bits per heavy atom. The quantitative estimate of drug-likeness (QED) is 0.164. The van der Waals surface area contributed by atoms with Gasteiger partial charge in [0.1, 0.15) is 0 Å². The zero-order chi connectivity index (χ0) is 20.8. The molecule has 1 aromatic heterocycles. The first kappa shape index (κ1) is 26.7. The second-order valence-electron chi connectivity index (χ2n) is 9.36. The second kappa shape index (κ2) is 21.0. The van der Waals surface area contributed by atoms with Gasteiger partial charge in [-0.3, -0.25) is 0 Å². The highest BCUT2D eigenvalue weighted by atomic mass is 32.1. The van der Waals surface area contributed by atoms with Crippen molar-refractivity contribution in [1.29, 1.82) is 0 Å². The van der Waals surface area contributed by atoms with Gasteiger partial charge in [0.25, 0.3) is 0 Å². The molecule has 0 aliphatic rings. The summed E-state index contributed by atoms with van der Waals surface area (Å²) in [4.78, 5) is 1.60. The highest BCUT2D eigenvalue weighted by molar-refractivity contribution is 7.09. The van der Waals surface area contributed by atoms with E-state index in [1.807, 2.05) is 11.3 Å². The van der Waals surface area contributed by atoms with E-state index in [9.17, 15) is 0 Å². The van der Waals surface area contributed by atoms with Crippen molar-refractivity contribution in [2.45, 2.75) is 149 Å². The van der Waals surface area contributed by atoms with Gasteiger partial charge in [0, 0.05) is 4.88 Å². The summed E-state index contributed by atoms with van der Waals surface area (Å²) >= 11 is 1.95. The molecule has 0 fully saturated rings. The first-order valence-corrected chi connectivity index (χ1v) is 14.3. The van der Waals surface area contributed by atoms with Gasteiger partial charge in [-0.25, -0.2) is 0 Å². The maximum absolute atomic E-state index is 2.33. The summed E-state index contributed by atoms with van der Waals surface area (Å²) in [5.74, 6) is 0.974. The van der Waals surface area contributed by atoms with Crippen LogP contribution in [0.3, 0.4) is 0 Å². The van der Waals surface area contributed by atoms with Crippen LogP contribution in [0.4, 0.5) is 0 Å². The zero-order valence-electron chi connectivity index (χ0n) is 20.1. The molecule has 29 heavy (non-hydrogen) atoms. The first-order chi connectivity index (χ1) is 14.4. The molecule has 0 spiro atoms. The lowest BCUT2D eigenvalue weighted by Gasteiger charge is -2.17.